The molecule has 5 rings (SSSR count). The number of thioether (sulfide) groups is 1. The largest absolute Gasteiger partial charge is 0.491 e. The van der Waals surface area contributed by atoms with Crippen LogP contribution >= 0.6 is 23.4 Å². The van der Waals surface area contributed by atoms with Crippen molar-refractivity contribution < 1.29 is 18.6 Å². The molecule has 4 aromatic rings. The van der Waals surface area contributed by atoms with Crippen molar-refractivity contribution in [1.29, 1.82) is 5.26 Å². The normalized spacial score (nSPS) is 15.7. The van der Waals surface area contributed by atoms with Crippen LogP contribution in [0, 0.1) is 17.9 Å². The first-order chi connectivity index (χ1) is 20.2. The minimum atomic E-state index is -0.622. The van der Waals surface area contributed by atoms with Crippen LogP contribution in [-0.2, 0) is 21.6 Å². The summed E-state index contributed by atoms with van der Waals surface area (Å²) in [4.78, 5) is 12.7. The van der Waals surface area contributed by atoms with E-state index < -0.39 is 5.79 Å². The van der Waals surface area contributed by atoms with Crippen molar-refractivity contribution in [3.05, 3.63) is 82.0 Å². The molecule has 42 heavy (non-hydrogen) atoms. The molecule has 0 saturated carbocycles. The van der Waals surface area contributed by atoms with Crippen LogP contribution < -0.4 is 10.5 Å². The van der Waals surface area contributed by atoms with E-state index in [4.69, 9.17) is 47.5 Å². The first-order valence-electron chi connectivity index (χ1n) is 13.2. The quantitative estimate of drug-likeness (QED) is 0.154. The summed E-state index contributed by atoms with van der Waals surface area (Å²) in [6.45, 7) is 14.3. The van der Waals surface area contributed by atoms with Crippen LogP contribution in [0.25, 0.3) is 27.4 Å². The lowest BCUT2D eigenvalue weighted by Crippen LogP contribution is -2.25. The number of anilines is 1. The molecule has 3 heterocycles. The molecule has 0 aliphatic carbocycles. The molecule has 1 fully saturated rings. The fourth-order valence-electron chi connectivity index (χ4n) is 4.55. The Morgan fingerprint density at radius 3 is 2.50 bits per heavy atom. The third-order valence-corrected chi connectivity index (χ3v) is 7.81. The van der Waals surface area contributed by atoms with Crippen molar-refractivity contribution in [2.45, 2.75) is 49.9 Å². The number of oxazole rings is 1. The van der Waals surface area contributed by atoms with Crippen molar-refractivity contribution in [2.75, 3.05) is 18.9 Å². The van der Waals surface area contributed by atoms with Gasteiger partial charge < -0.3 is 24.4 Å². The highest BCUT2D eigenvalue weighted by molar-refractivity contribution is 7.98. The Morgan fingerprint density at radius 2 is 1.88 bits per heavy atom. The number of aryl methyl sites for hydroxylation is 1. The summed E-state index contributed by atoms with van der Waals surface area (Å²) in [6, 6.07) is 16.7. The second-order valence-corrected chi connectivity index (χ2v) is 11.3. The summed E-state index contributed by atoms with van der Waals surface area (Å²) < 4.78 is 23.3. The van der Waals surface area contributed by atoms with Crippen LogP contribution in [0.5, 0.6) is 5.75 Å². The number of rotatable bonds is 9. The predicted molar refractivity (Wildman–Crippen MR) is 161 cm³/mol. The van der Waals surface area contributed by atoms with Gasteiger partial charge in [0, 0.05) is 28.3 Å². The highest BCUT2D eigenvalue weighted by Crippen LogP contribution is 2.42. The molecule has 2 N–H and O–H groups in total. The summed E-state index contributed by atoms with van der Waals surface area (Å²) in [5.74, 6) is 1.69. The zero-order chi connectivity index (χ0) is 29.9. The van der Waals surface area contributed by atoms with Crippen molar-refractivity contribution in [3.8, 4) is 34.4 Å². The fourth-order valence-corrected chi connectivity index (χ4v) is 5.63. The van der Waals surface area contributed by atoms with Gasteiger partial charge in [-0.1, -0.05) is 42.4 Å². The molecule has 2 aromatic carbocycles. The Bertz CT molecular complexity index is 1670. The fraction of sp³-hybridized carbons (Fsp3) is 0.290. The van der Waals surface area contributed by atoms with Gasteiger partial charge in [0.1, 0.15) is 41.1 Å². The molecule has 214 valence electrons. The maximum Gasteiger partial charge on any atom is 0.236 e. The summed E-state index contributed by atoms with van der Waals surface area (Å²) in [6.07, 6.45) is 0.476. The number of nitrogen functional groups attached to an aromatic ring is 1. The number of halogens is 1. The van der Waals surface area contributed by atoms with E-state index in [1.165, 1.54) is 11.8 Å². The highest BCUT2D eigenvalue weighted by Gasteiger charge is 2.33. The van der Waals surface area contributed by atoms with Gasteiger partial charge in [0.15, 0.2) is 5.79 Å². The van der Waals surface area contributed by atoms with Crippen LogP contribution in [-0.4, -0.2) is 35.1 Å². The minimum absolute atomic E-state index is 0.0561. The van der Waals surface area contributed by atoms with Crippen LogP contribution in [0.1, 0.15) is 37.8 Å². The number of hydrogen-bond donors (Lipinski definition) is 1. The first-order valence-corrected chi connectivity index (χ1v) is 14.6. The van der Waals surface area contributed by atoms with E-state index in [2.05, 4.69) is 15.9 Å². The van der Waals surface area contributed by atoms with Crippen LogP contribution in [0.3, 0.4) is 0 Å². The molecular weight excluding hydrogens is 574 g/mol. The standard InChI is InChI=1S/C31H28ClN5O4S/c1-5-25-24(36-29(40-25)19-6-10-20(32)11-7-19)17-42-30-23(14-33)26(27(35-4)28(34)37-30)18-8-12-21(13-9-18)38-15-22-16-39-31(2,3)41-22/h6-13,22H,5,15-17H2,1-3H3,(H2,34,37)/t22-/m1/s1. The van der Waals surface area contributed by atoms with Crippen molar-refractivity contribution in [1.82, 2.24) is 9.97 Å². The predicted octanol–water partition coefficient (Wildman–Crippen LogP) is 7.45. The van der Waals surface area contributed by atoms with E-state index in [9.17, 15) is 5.26 Å². The van der Waals surface area contributed by atoms with E-state index in [1.54, 1.807) is 36.4 Å². The van der Waals surface area contributed by atoms with Gasteiger partial charge in [-0.15, -0.1) is 0 Å². The Kier molecular flexibility index (Phi) is 8.72. The lowest BCUT2D eigenvalue weighted by Gasteiger charge is -2.17. The molecule has 0 radical (unpaired) electrons. The van der Waals surface area contributed by atoms with Gasteiger partial charge in [-0.3, -0.25) is 0 Å². The molecule has 1 saturated heterocycles. The number of hydrogen-bond acceptors (Lipinski definition) is 9. The number of nitrogens with zero attached hydrogens (tertiary/aromatic N) is 4. The van der Waals surface area contributed by atoms with E-state index in [0.29, 0.717) is 58.2 Å². The Labute approximate surface area is 253 Å². The molecule has 0 amide bonds. The third-order valence-electron chi connectivity index (χ3n) is 6.57. The van der Waals surface area contributed by atoms with Crippen LogP contribution in [0.2, 0.25) is 5.02 Å². The molecule has 1 aliphatic rings. The third kappa shape index (κ3) is 6.38. The maximum absolute atomic E-state index is 10.2. The lowest BCUT2D eigenvalue weighted by molar-refractivity contribution is -0.141. The number of aromatic nitrogens is 2. The Morgan fingerprint density at radius 1 is 1.17 bits per heavy atom. The topological polar surface area (TPSA) is 121 Å². The highest BCUT2D eigenvalue weighted by atomic mass is 35.5. The smallest absolute Gasteiger partial charge is 0.236 e. The summed E-state index contributed by atoms with van der Waals surface area (Å²) >= 11 is 7.35. The van der Waals surface area contributed by atoms with Crippen molar-refractivity contribution in [2.24, 2.45) is 0 Å². The van der Waals surface area contributed by atoms with Gasteiger partial charge in [0.2, 0.25) is 11.6 Å². The van der Waals surface area contributed by atoms with Gasteiger partial charge in [-0.05, 0) is 55.8 Å². The Balaban J connectivity index is 1.39. The van der Waals surface area contributed by atoms with Gasteiger partial charge in [0.25, 0.3) is 0 Å². The molecule has 11 heteroatoms. The molecule has 0 bridgehead atoms. The zero-order valence-corrected chi connectivity index (χ0v) is 24.9. The number of nitrogens with two attached hydrogens (primary N) is 1. The van der Waals surface area contributed by atoms with Crippen LogP contribution in [0.15, 0.2) is 58.0 Å². The SMILES string of the molecule is [C-]#[N+]c1c(N)nc(SCc2nc(-c3ccc(Cl)cc3)oc2CC)c(C#N)c1-c1ccc(OC[C@@H]2COC(C)(C)O2)cc1. The summed E-state index contributed by atoms with van der Waals surface area (Å²) in [5, 5.41) is 11.2. The average molecular weight is 602 g/mol. The number of ether oxygens (including phenoxy) is 3. The number of pyridine rings is 1. The second-order valence-electron chi connectivity index (χ2n) is 9.95. The van der Waals surface area contributed by atoms with E-state index >= 15 is 0 Å². The van der Waals surface area contributed by atoms with Gasteiger partial charge in [0.05, 0.1) is 24.4 Å². The summed E-state index contributed by atoms with van der Waals surface area (Å²) in [7, 11) is 0. The van der Waals surface area contributed by atoms with E-state index in [1.807, 2.05) is 32.9 Å². The lowest BCUT2D eigenvalue weighted by atomic mass is 10.00. The monoisotopic (exact) mass is 601 g/mol. The first kappa shape index (κ1) is 29.4. The molecule has 2 aromatic heterocycles. The van der Waals surface area contributed by atoms with Gasteiger partial charge in [-0.2, -0.15) is 5.26 Å². The second kappa shape index (κ2) is 12.4. The van der Waals surface area contributed by atoms with Crippen LogP contribution in [0.4, 0.5) is 11.5 Å². The van der Waals surface area contributed by atoms with Gasteiger partial charge >= 0.3 is 0 Å². The van der Waals surface area contributed by atoms with E-state index in [-0.39, 0.29) is 23.2 Å². The molecule has 1 aliphatic heterocycles. The Hall–Kier alpha value is -4.06. The minimum Gasteiger partial charge on any atom is -0.491 e. The maximum atomic E-state index is 10.2. The average Bonchev–Trinajstić information content (AvgIpc) is 3.57. The van der Waals surface area contributed by atoms with Gasteiger partial charge in [-0.25, -0.2) is 14.8 Å². The van der Waals surface area contributed by atoms with Crippen molar-refractivity contribution in [3.63, 3.8) is 0 Å². The molecule has 0 spiro atoms. The zero-order valence-electron chi connectivity index (χ0n) is 23.3. The molecule has 1 atom stereocenters. The number of benzene rings is 2. The van der Waals surface area contributed by atoms with Crippen molar-refractivity contribution >= 4 is 34.9 Å². The number of nitriles is 1. The summed E-state index contributed by atoms with van der Waals surface area (Å²) in [5.41, 5.74) is 9.28. The molecular formula is C31H28ClN5O4S. The van der Waals surface area contributed by atoms with E-state index in [0.717, 1.165) is 17.0 Å². The molecule has 0 unspecified atom stereocenters. The molecule has 9 nitrogen and oxygen atoms in total.